The number of carbonyl (C=O) groups is 1. The van der Waals surface area contributed by atoms with Crippen molar-refractivity contribution in [3.63, 3.8) is 0 Å². The van der Waals surface area contributed by atoms with Gasteiger partial charge in [-0.15, -0.1) is 0 Å². The van der Waals surface area contributed by atoms with Crippen molar-refractivity contribution in [2.75, 3.05) is 26.3 Å². The van der Waals surface area contributed by atoms with Gasteiger partial charge in [-0.3, -0.25) is 4.79 Å². The van der Waals surface area contributed by atoms with E-state index in [0.717, 1.165) is 45.4 Å². The Morgan fingerprint density at radius 2 is 2.50 bits per heavy atom. The van der Waals surface area contributed by atoms with Gasteiger partial charge in [-0.1, -0.05) is 13.3 Å². The van der Waals surface area contributed by atoms with E-state index < -0.39 is 0 Å². The maximum Gasteiger partial charge on any atom is 0.227 e. The van der Waals surface area contributed by atoms with Crippen LogP contribution in [0.5, 0.6) is 0 Å². The molecular weight excluding hydrogens is 204 g/mol. The van der Waals surface area contributed by atoms with Gasteiger partial charge in [0.05, 0.1) is 18.1 Å². The third kappa shape index (κ3) is 2.38. The Hall–Kier alpha value is -0.610. The minimum atomic E-state index is -0.155. The lowest BCUT2D eigenvalue weighted by atomic mass is 9.81. The van der Waals surface area contributed by atoms with E-state index in [-0.39, 0.29) is 17.4 Å². The van der Waals surface area contributed by atoms with Crippen LogP contribution in [0.3, 0.4) is 0 Å². The minimum Gasteiger partial charge on any atom is -0.379 e. The van der Waals surface area contributed by atoms with Gasteiger partial charge in [0.25, 0.3) is 0 Å². The van der Waals surface area contributed by atoms with Crippen LogP contribution < -0.4 is 10.6 Å². The van der Waals surface area contributed by atoms with Gasteiger partial charge in [-0.25, -0.2) is 0 Å². The van der Waals surface area contributed by atoms with E-state index in [2.05, 4.69) is 17.6 Å². The first-order valence-corrected chi connectivity index (χ1v) is 6.36. The first kappa shape index (κ1) is 11.9. The first-order valence-electron chi connectivity index (χ1n) is 6.36. The van der Waals surface area contributed by atoms with E-state index in [1.165, 1.54) is 0 Å². The average molecular weight is 226 g/mol. The molecule has 0 aromatic heterocycles. The van der Waals surface area contributed by atoms with Crippen LogP contribution in [0.15, 0.2) is 0 Å². The molecule has 2 rings (SSSR count). The third-order valence-corrected chi connectivity index (χ3v) is 3.72. The number of rotatable bonds is 4. The summed E-state index contributed by atoms with van der Waals surface area (Å²) in [6, 6.07) is 0.238. The fourth-order valence-corrected chi connectivity index (χ4v) is 2.73. The zero-order chi connectivity index (χ0) is 11.4. The summed E-state index contributed by atoms with van der Waals surface area (Å²) in [7, 11) is 0. The molecule has 0 bridgehead atoms. The second kappa shape index (κ2) is 5.15. The molecule has 2 aliphatic rings. The van der Waals surface area contributed by atoms with Crippen LogP contribution >= 0.6 is 0 Å². The molecule has 2 unspecified atom stereocenters. The predicted molar refractivity (Wildman–Crippen MR) is 62.2 cm³/mol. The van der Waals surface area contributed by atoms with Crippen LogP contribution in [0, 0.1) is 5.41 Å². The molecular formula is C12H22N2O2. The monoisotopic (exact) mass is 226 g/mol. The van der Waals surface area contributed by atoms with Gasteiger partial charge >= 0.3 is 0 Å². The van der Waals surface area contributed by atoms with Gasteiger partial charge in [0.2, 0.25) is 5.91 Å². The second-order valence-corrected chi connectivity index (χ2v) is 4.99. The van der Waals surface area contributed by atoms with Crippen molar-refractivity contribution in [1.29, 1.82) is 0 Å². The van der Waals surface area contributed by atoms with Gasteiger partial charge in [-0.05, 0) is 25.8 Å². The molecule has 1 amide bonds. The van der Waals surface area contributed by atoms with Crippen LogP contribution in [0.2, 0.25) is 0 Å². The molecule has 2 saturated heterocycles. The van der Waals surface area contributed by atoms with Crippen molar-refractivity contribution in [2.24, 2.45) is 5.41 Å². The SMILES string of the molecule is CCCC1(C(=O)NC2CCOC2)CCNC1. The van der Waals surface area contributed by atoms with Crippen LogP contribution in [0.25, 0.3) is 0 Å². The molecule has 0 spiro atoms. The quantitative estimate of drug-likeness (QED) is 0.741. The number of hydrogen-bond acceptors (Lipinski definition) is 3. The third-order valence-electron chi connectivity index (χ3n) is 3.72. The summed E-state index contributed by atoms with van der Waals surface area (Å²) >= 11 is 0. The molecule has 16 heavy (non-hydrogen) atoms. The Kier molecular flexibility index (Phi) is 3.82. The van der Waals surface area contributed by atoms with E-state index in [4.69, 9.17) is 4.74 Å². The zero-order valence-corrected chi connectivity index (χ0v) is 10.1. The molecule has 0 aliphatic carbocycles. The summed E-state index contributed by atoms with van der Waals surface area (Å²) in [4.78, 5) is 12.3. The fourth-order valence-electron chi connectivity index (χ4n) is 2.73. The number of ether oxygens (including phenoxy) is 1. The zero-order valence-electron chi connectivity index (χ0n) is 10.1. The molecule has 4 nitrogen and oxygen atoms in total. The van der Waals surface area contributed by atoms with Crippen molar-refractivity contribution >= 4 is 5.91 Å². The molecule has 0 aromatic carbocycles. The predicted octanol–water partition coefficient (Wildman–Crippen LogP) is 0.671. The summed E-state index contributed by atoms with van der Waals surface area (Å²) in [5.74, 6) is 0.231. The molecule has 2 heterocycles. The lowest BCUT2D eigenvalue weighted by molar-refractivity contribution is -0.131. The van der Waals surface area contributed by atoms with Gasteiger partial charge in [-0.2, -0.15) is 0 Å². The molecule has 0 aromatic rings. The highest BCUT2D eigenvalue weighted by Gasteiger charge is 2.41. The Morgan fingerprint density at radius 1 is 1.62 bits per heavy atom. The maximum atomic E-state index is 12.3. The smallest absolute Gasteiger partial charge is 0.227 e. The summed E-state index contributed by atoms with van der Waals surface area (Å²) < 4.78 is 5.28. The van der Waals surface area contributed by atoms with Gasteiger partial charge in [0.1, 0.15) is 0 Å². The summed E-state index contributed by atoms with van der Waals surface area (Å²) in [5, 5.41) is 6.45. The van der Waals surface area contributed by atoms with Crippen LogP contribution in [0.4, 0.5) is 0 Å². The summed E-state index contributed by atoms with van der Waals surface area (Å²) in [6.45, 7) is 5.41. The molecule has 0 saturated carbocycles. The van der Waals surface area contributed by atoms with Gasteiger partial charge in [0, 0.05) is 13.2 Å². The van der Waals surface area contributed by atoms with E-state index >= 15 is 0 Å². The topological polar surface area (TPSA) is 50.4 Å². The Balaban J connectivity index is 1.93. The molecule has 92 valence electrons. The molecule has 0 radical (unpaired) electrons. The van der Waals surface area contributed by atoms with Crippen molar-refractivity contribution in [3.8, 4) is 0 Å². The highest BCUT2D eigenvalue weighted by atomic mass is 16.5. The minimum absolute atomic E-state index is 0.155. The molecule has 2 atom stereocenters. The Bertz CT molecular complexity index is 243. The first-order chi connectivity index (χ1) is 7.77. The molecule has 2 fully saturated rings. The lowest BCUT2D eigenvalue weighted by Crippen LogP contribution is -2.47. The molecule has 2 N–H and O–H groups in total. The summed E-state index contributed by atoms with van der Waals surface area (Å²) in [6.07, 6.45) is 3.98. The van der Waals surface area contributed by atoms with Crippen molar-refractivity contribution in [2.45, 2.75) is 38.6 Å². The molecule has 4 heteroatoms. The lowest BCUT2D eigenvalue weighted by Gasteiger charge is -2.28. The molecule has 2 aliphatic heterocycles. The van der Waals surface area contributed by atoms with E-state index in [1.54, 1.807) is 0 Å². The van der Waals surface area contributed by atoms with Crippen LogP contribution in [0.1, 0.15) is 32.6 Å². The standard InChI is InChI=1S/C12H22N2O2/c1-2-4-12(5-6-13-9-12)11(15)14-10-3-7-16-8-10/h10,13H,2-9H2,1H3,(H,14,15). The van der Waals surface area contributed by atoms with E-state index in [0.29, 0.717) is 6.61 Å². The average Bonchev–Trinajstić information content (AvgIpc) is 2.89. The van der Waals surface area contributed by atoms with E-state index in [9.17, 15) is 4.79 Å². The highest BCUT2D eigenvalue weighted by Crippen LogP contribution is 2.31. The number of carbonyl (C=O) groups excluding carboxylic acids is 1. The second-order valence-electron chi connectivity index (χ2n) is 4.99. The maximum absolute atomic E-state index is 12.3. The van der Waals surface area contributed by atoms with Crippen molar-refractivity contribution < 1.29 is 9.53 Å². The van der Waals surface area contributed by atoms with Crippen molar-refractivity contribution in [1.82, 2.24) is 10.6 Å². The van der Waals surface area contributed by atoms with Gasteiger partial charge in [0.15, 0.2) is 0 Å². The van der Waals surface area contributed by atoms with Crippen LogP contribution in [-0.2, 0) is 9.53 Å². The Labute approximate surface area is 97.1 Å². The Morgan fingerprint density at radius 3 is 3.06 bits per heavy atom. The number of nitrogens with one attached hydrogen (secondary N) is 2. The largest absolute Gasteiger partial charge is 0.379 e. The normalized spacial score (nSPS) is 34.2. The highest BCUT2D eigenvalue weighted by molar-refractivity contribution is 5.83. The van der Waals surface area contributed by atoms with Crippen LogP contribution in [-0.4, -0.2) is 38.3 Å². The number of amides is 1. The van der Waals surface area contributed by atoms with Crippen molar-refractivity contribution in [3.05, 3.63) is 0 Å². The van der Waals surface area contributed by atoms with Gasteiger partial charge < -0.3 is 15.4 Å². The number of hydrogen-bond donors (Lipinski definition) is 2. The van der Waals surface area contributed by atoms with E-state index in [1.807, 2.05) is 0 Å². The summed E-state index contributed by atoms with van der Waals surface area (Å²) in [5.41, 5.74) is -0.155. The fraction of sp³-hybridized carbons (Fsp3) is 0.917.